The molecule has 1 heterocycles. The smallest absolute Gasteiger partial charge is 0.283 e. The van der Waals surface area contributed by atoms with Gasteiger partial charge in [-0.2, -0.15) is 114 Å². The van der Waals surface area contributed by atoms with Gasteiger partial charge in [0.15, 0.2) is 0 Å². The molecule has 0 N–H and O–H groups in total. The molecule has 0 saturated carbocycles. The van der Waals surface area contributed by atoms with E-state index in [9.17, 15) is 114 Å². The summed E-state index contributed by atoms with van der Waals surface area (Å²) in [4.78, 5) is -1.27. The van der Waals surface area contributed by atoms with Gasteiger partial charge in [-0.3, -0.25) is 9.80 Å². The Morgan fingerprint density at radius 1 is 0.289 bits per heavy atom. The Kier molecular flexibility index (Phi) is 9.88. The molecule has 0 bridgehead atoms. The van der Waals surface area contributed by atoms with Crippen LogP contribution in [0.5, 0.6) is 0 Å². The van der Waals surface area contributed by atoms with E-state index < -0.39 is 114 Å². The van der Waals surface area contributed by atoms with Gasteiger partial charge >= 0.3 is 71.6 Å². The number of hydrogen-bond acceptors (Lipinski definition) is 2. The molecule has 0 aromatic carbocycles. The third-order valence-corrected chi connectivity index (χ3v) is 5.97. The van der Waals surface area contributed by atoms with Crippen LogP contribution in [0.25, 0.3) is 0 Å². The molecule has 1 saturated heterocycles. The van der Waals surface area contributed by atoms with E-state index in [1.807, 2.05) is 0 Å². The van der Waals surface area contributed by atoms with Crippen molar-refractivity contribution in [2.45, 2.75) is 71.6 Å². The molecule has 0 aliphatic carbocycles. The molecule has 1 aliphatic rings. The fraction of sp³-hybridized carbons (Fsp3) is 1.00. The second kappa shape index (κ2) is 10.8. The summed E-state index contributed by atoms with van der Waals surface area (Å²) < 4.78 is 342. The second-order valence-electron chi connectivity index (χ2n) is 9.25. The maximum absolute atomic E-state index is 14.0. The minimum Gasteiger partial charge on any atom is -0.283 e. The molecule has 1 rings (SSSR count). The summed E-state index contributed by atoms with van der Waals surface area (Å²) in [6.45, 7) is -11.7. The number of alkyl halides is 26. The molecular formula is C17H10F26N2. The van der Waals surface area contributed by atoms with Crippen molar-refractivity contribution in [3.05, 3.63) is 0 Å². The standard InChI is InChI=1S/C17H10F26N2/c18-6(19,8(22,23)10(26,27)12(30,31)14(34,35)16(38,39)40)3-44-1-2-45(5-44)4-7(20,21)9(24,25)11(28,29)13(32,33)15(36,37)17(41,42)43/h1-5H2. The number of rotatable bonds is 12. The summed E-state index contributed by atoms with van der Waals surface area (Å²) in [7, 11) is 0. The van der Waals surface area contributed by atoms with Gasteiger partial charge in [0.1, 0.15) is 0 Å². The quantitative estimate of drug-likeness (QED) is 0.187. The topological polar surface area (TPSA) is 6.48 Å². The molecular weight excluding hydrogens is 726 g/mol. The largest absolute Gasteiger partial charge is 0.460 e. The van der Waals surface area contributed by atoms with E-state index in [1.165, 1.54) is 0 Å². The van der Waals surface area contributed by atoms with Crippen LogP contribution in [0, 0.1) is 0 Å². The third-order valence-electron chi connectivity index (χ3n) is 5.97. The zero-order valence-corrected chi connectivity index (χ0v) is 20.3. The summed E-state index contributed by atoms with van der Waals surface area (Å²) in [5, 5.41) is 0. The van der Waals surface area contributed by atoms with Crippen molar-refractivity contribution in [3.8, 4) is 0 Å². The van der Waals surface area contributed by atoms with Crippen LogP contribution in [0.4, 0.5) is 114 Å². The zero-order chi connectivity index (χ0) is 36.7. The molecule has 270 valence electrons. The van der Waals surface area contributed by atoms with E-state index in [-0.39, 0.29) is 0 Å². The van der Waals surface area contributed by atoms with Gasteiger partial charge in [-0.15, -0.1) is 0 Å². The van der Waals surface area contributed by atoms with Crippen LogP contribution in [0.1, 0.15) is 0 Å². The first-order valence-electron chi connectivity index (χ1n) is 10.5. The second-order valence-corrected chi connectivity index (χ2v) is 9.25. The summed E-state index contributed by atoms with van der Waals surface area (Å²) >= 11 is 0. The van der Waals surface area contributed by atoms with Gasteiger partial charge in [0, 0.05) is 13.1 Å². The Labute approximate surface area is 229 Å². The lowest BCUT2D eigenvalue weighted by Crippen LogP contribution is -2.71. The summed E-state index contributed by atoms with van der Waals surface area (Å²) in [5.41, 5.74) is 0. The van der Waals surface area contributed by atoms with Crippen molar-refractivity contribution in [3.63, 3.8) is 0 Å². The maximum atomic E-state index is 14.0. The average molecular weight is 736 g/mol. The lowest BCUT2D eigenvalue weighted by Gasteiger charge is -2.41. The molecule has 0 atom stereocenters. The molecule has 1 fully saturated rings. The van der Waals surface area contributed by atoms with E-state index in [0.717, 1.165) is 0 Å². The highest BCUT2D eigenvalue weighted by Gasteiger charge is 2.92. The molecule has 0 amide bonds. The van der Waals surface area contributed by atoms with Gasteiger partial charge in [0.05, 0.1) is 19.8 Å². The predicted molar refractivity (Wildman–Crippen MR) is 89.6 cm³/mol. The van der Waals surface area contributed by atoms with Gasteiger partial charge in [0.2, 0.25) is 0 Å². The molecule has 0 radical (unpaired) electrons. The minimum absolute atomic E-state index is 0.636. The first-order chi connectivity index (χ1) is 19.2. The van der Waals surface area contributed by atoms with Crippen LogP contribution in [0.15, 0.2) is 0 Å². The van der Waals surface area contributed by atoms with Crippen molar-refractivity contribution in [2.24, 2.45) is 0 Å². The van der Waals surface area contributed by atoms with Crippen LogP contribution in [-0.2, 0) is 0 Å². The van der Waals surface area contributed by atoms with Crippen LogP contribution < -0.4 is 0 Å². The third kappa shape index (κ3) is 5.90. The van der Waals surface area contributed by atoms with Crippen molar-refractivity contribution < 1.29 is 114 Å². The Morgan fingerprint density at radius 3 is 0.689 bits per heavy atom. The summed E-state index contributed by atoms with van der Waals surface area (Å²) in [5.74, 6) is -78.9. The van der Waals surface area contributed by atoms with Gasteiger partial charge in [-0.1, -0.05) is 0 Å². The first kappa shape index (κ1) is 41.1. The SMILES string of the molecule is FC(F)(F)C(F)(F)C(F)(F)C(F)(F)C(F)(F)C(F)(F)CN1CCN(CC(F)(F)C(F)(F)C(F)(F)C(F)(F)C(F)(F)C(F)(F)F)C1. The number of halogens is 26. The molecule has 1 aliphatic heterocycles. The molecule has 0 aromatic rings. The molecule has 0 spiro atoms. The highest BCUT2D eigenvalue weighted by atomic mass is 19.4. The lowest BCUT2D eigenvalue weighted by molar-refractivity contribution is -0.440. The van der Waals surface area contributed by atoms with E-state index in [2.05, 4.69) is 0 Å². The first-order valence-corrected chi connectivity index (χ1v) is 10.5. The van der Waals surface area contributed by atoms with E-state index in [0.29, 0.717) is 0 Å². The maximum Gasteiger partial charge on any atom is 0.460 e. The van der Waals surface area contributed by atoms with Gasteiger partial charge in [0.25, 0.3) is 0 Å². The fourth-order valence-electron chi connectivity index (χ4n) is 3.33. The monoisotopic (exact) mass is 736 g/mol. The molecule has 0 unspecified atom stereocenters. The van der Waals surface area contributed by atoms with Crippen molar-refractivity contribution in [1.29, 1.82) is 0 Å². The molecule has 0 aromatic heterocycles. The molecule has 45 heavy (non-hydrogen) atoms. The van der Waals surface area contributed by atoms with E-state index in [1.54, 1.807) is 0 Å². The Hall–Kier alpha value is -1.90. The minimum atomic E-state index is -8.33. The number of nitrogens with zero attached hydrogens (tertiary/aromatic N) is 2. The fourth-order valence-corrected chi connectivity index (χ4v) is 3.33. The Bertz CT molecular complexity index is 971. The van der Waals surface area contributed by atoms with Crippen LogP contribution in [0.2, 0.25) is 0 Å². The zero-order valence-electron chi connectivity index (χ0n) is 20.3. The van der Waals surface area contributed by atoms with E-state index in [4.69, 9.17) is 0 Å². The summed E-state index contributed by atoms with van der Waals surface area (Å²) in [6, 6.07) is 0. The van der Waals surface area contributed by atoms with Crippen LogP contribution in [-0.4, -0.2) is 114 Å². The number of hydrogen-bond donors (Lipinski definition) is 0. The van der Waals surface area contributed by atoms with Gasteiger partial charge < -0.3 is 0 Å². The predicted octanol–water partition coefficient (Wildman–Crippen LogP) is 8.04. The lowest BCUT2D eigenvalue weighted by atomic mass is 9.93. The van der Waals surface area contributed by atoms with Crippen molar-refractivity contribution >= 4 is 0 Å². The Morgan fingerprint density at radius 2 is 0.489 bits per heavy atom. The van der Waals surface area contributed by atoms with Crippen molar-refractivity contribution in [2.75, 3.05) is 32.8 Å². The van der Waals surface area contributed by atoms with Crippen molar-refractivity contribution in [1.82, 2.24) is 9.80 Å². The van der Waals surface area contributed by atoms with Crippen LogP contribution >= 0.6 is 0 Å². The highest BCUT2D eigenvalue weighted by Crippen LogP contribution is 2.62. The van der Waals surface area contributed by atoms with Gasteiger partial charge in [-0.05, 0) is 0 Å². The molecule has 2 nitrogen and oxygen atoms in total. The van der Waals surface area contributed by atoms with Crippen LogP contribution in [0.3, 0.4) is 0 Å². The molecule has 28 heteroatoms. The Balaban J connectivity index is 3.27. The average Bonchev–Trinajstić information content (AvgIpc) is 3.21. The highest BCUT2D eigenvalue weighted by molar-refractivity contribution is 5.12. The normalized spacial score (nSPS) is 19.1. The summed E-state index contributed by atoms with van der Waals surface area (Å²) in [6.07, 6.45) is -15.5. The van der Waals surface area contributed by atoms with E-state index >= 15 is 0 Å². The van der Waals surface area contributed by atoms with Gasteiger partial charge in [-0.25, -0.2) is 0 Å².